The highest BCUT2D eigenvalue weighted by Crippen LogP contribution is 2.18. The number of anilines is 1. The van der Waals surface area contributed by atoms with Gasteiger partial charge in [0.25, 0.3) is 5.91 Å². The molecule has 0 spiro atoms. The van der Waals surface area contributed by atoms with Gasteiger partial charge in [-0.2, -0.15) is 0 Å². The number of pyridine rings is 1. The number of hydrogen-bond acceptors (Lipinski definition) is 4. The van der Waals surface area contributed by atoms with E-state index in [1.807, 2.05) is 25.1 Å². The van der Waals surface area contributed by atoms with E-state index < -0.39 is 6.04 Å². The Morgan fingerprint density at radius 3 is 2.54 bits per heavy atom. The Bertz CT molecular complexity index is 850. The van der Waals surface area contributed by atoms with Crippen molar-refractivity contribution in [3.63, 3.8) is 0 Å². The Morgan fingerprint density at radius 2 is 1.86 bits per heavy atom. The molecule has 0 radical (unpaired) electrons. The molecule has 1 aromatic carbocycles. The van der Waals surface area contributed by atoms with Crippen LogP contribution in [0.4, 0.5) is 5.82 Å². The van der Waals surface area contributed by atoms with Crippen LogP contribution in [-0.4, -0.2) is 42.0 Å². The molecular formula is C21H25ClN4O2. The van der Waals surface area contributed by atoms with Gasteiger partial charge in [-0.25, -0.2) is 4.98 Å². The van der Waals surface area contributed by atoms with Gasteiger partial charge >= 0.3 is 0 Å². The summed E-state index contributed by atoms with van der Waals surface area (Å²) in [5.74, 6) is 0.436. The molecule has 6 nitrogen and oxygen atoms in total. The second-order valence-electron chi connectivity index (χ2n) is 7.08. The van der Waals surface area contributed by atoms with Gasteiger partial charge in [0.05, 0.1) is 10.6 Å². The third-order valence-corrected chi connectivity index (χ3v) is 5.23. The number of carbonyl (C=O) groups excluding carboxylic acids is 2. The zero-order chi connectivity index (χ0) is 20.1. The SMILES string of the molecule is Cc1cccc(N2CCC(NC(=O)C(C)NC(=O)c3ccccc3Cl)CC2)n1. The summed E-state index contributed by atoms with van der Waals surface area (Å²) in [5.41, 5.74) is 1.36. The third kappa shape index (κ3) is 5.01. The van der Waals surface area contributed by atoms with Crippen molar-refractivity contribution in [2.45, 2.75) is 38.8 Å². The van der Waals surface area contributed by atoms with Crippen LogP contribution in [0.1, 0.15) is 35.8 Å². The van der Waals surface area contributed by atoms with Crippen LogP contribution in [-0.2, 0) is 4.79 Å². The van der Waals surface area contributed by atoms with E-state index >= 15 is 0 Å². The van der Waals surface area contributed by atoms with Gasteiger partial charge in [-0.15, -0.1) is 0 Å². The quantitative estimate of drug-likeness (QED) is 0.809. The molecule has 0 saturated carbocycles. The molecule has 1 aromatic heterocycles. The van der Waals surface area contributed by atoms with E-state index in [0.29, 0.717) is 10.6 Å². The van der Waals surface area contributed by atoms with Crippen LogP contribution < -0.4 is 15.5 Å². The van der Waals surface area contributed by atoms with Crippen LogP contribution in [0.15, 0.2) is 42.5 Å². The van der Waals surface area contributed by atoms with Crippen LogP contribution in [0.3, 0.4) is 0 Å². The van der Waals surface area contributed by atoms with Crippen molar-refractivity contribution in [3.8, 4) is 0 Å². The van der Waals surface area contributed by atoms with E-state index in [-0.39, 0.29) is 17.9 Å². The van der Waals surface area contributed by atoms with E-state index in [0.717, 1.165) is 37.4 Å². The molecule has 28 heavy (non-hydrogen) atoms. The first-order chi connectivity index (χ1) is 13.4. The minimum Gasteiger partial charge on any atom is -0.356 e. The van der Waals surface area contributed by atoms with Crippen LogP contribution in [0, 0.1) is 6.92 Å². The number of rotatable bonds is 5. The van der Waals surface area contributed by atoms with E-state index in [1.54, 1.807) is 31.2 Å². The topological polar surface area (TPSA) is 74.3 Å². The van der Waals surface area contributed by atoms with Crippen LogP contribution >= 0.6 is 11.6 Å². The minimum atomic E-state index is -0.639. The molecule has 0 aliphatic carbocycles. The largest absolute Gasteiger partial charge is 0.356 e. The number of halogens is 1. The molecule has 148 valence electrons. The first-order valence-corrected chi connectivity index (χ1v) is 9.86. The van der Waals surface area contributed by atoms with E-state index in [1.165, 1.54) is 0 Å². The Kier molecular flexibility index (Phi) is 6.52. The number of hydrogen-bond donors (Lipinski definition) is 2. The molecule has 2 amide bonds. The summed E-state index contributed by atoms with van der Waals surface area (Å²) in [6, 6.07) is 12.2. The minimum absolute atomic E-state index is 0.0909. The smallest absolute Gasteiger partial charge is 0.253 e. The maximum absolute atomic E-state index is 12.5. The van der Waals surface area contributed by atoms with Crippen molar-refractivity contribution in [1.82, 2.24) is 15.6 Å². The number of aromatic nitrogens is 1. The van der Waals surface area contributed by atoms with Gasteiger partial charge in [0, 0.05) is 24.8 Å². The Labute approximate surface area is 170 Å². The normalized spacial score (nSPS) is 15.8. The van der Waals surface area contributed by atoms with Gasteiger partial charge in [0.15, 0.2) is 0 Å². The Hall–Kier alpha value is -2.60. The molecule has 2 aromatic rings. The Balaban J connectivity index is 1.48. The lowest BCUT2D eigenvalue weighted by atomic mass is 10.0. The second kappa shape index (κ2) is 9.06. The average molecular weight is 401 g/mol. The molecule has 1 aliphatic heterocycles. The lowest BCUT2D eigenvalue weighted by Gasteiger charge is -2.33. The van der Waals surface area contributed by atoms with Crippen LogP contribution in [0.5, 0.6) is 0 Å². The highest BCUT2D eigenvalue weighted by atomic mass is 35.5. The molecule has 0 bridgehead atoms. The number of nitrogens with zero attached hydrogens (tertiary/aromatic N) is 2. The summed E-state index contributed by atoms with van der Waals surface area (Å²) in [4.78, 5) is 31.6. The van der Waals surface area contributed by atoms with Gasteiger partial charge in [-0.1, -0.05) is 29.8 Å². The van der Waals surface area contributed by atoms with E-state index in [9.17, 15) is 9.59 Å². The number of benzene rings is 1. The fourth-order valence-corrected chi connectivity index (χ4v) is 3.49. The second-order valence-corrected chi connectivity index (χ2v) is 7.49. The number of nitrogens with one attached hydrogen (secondary N) is 2. The zero-order valence-corrected chi connectivity index (χ0v) is 16.9. The van der Waals surface area contributed by atoms with Gasteiger partial charge in [0.1, 0.15) is 11.9 Å². The van der Waals surface area contributed by atoms with Crippen molar-refractivity contribution >= 4 is 29.2 Å². The molecular weight excluding hydrogens is 376 g/mol. The summed E-state index contributed by atoms with van der Waals surface area (Å²) in [7, 11) is 0. The summed E-state index contributed by atoms with van der Waals surface area (Å²) in [6.45, 7) is 5.33. The van der Waals surface area contributed by atoms with Gasteiger partial charge < -0.3 is 15.5 Å². The van der Waals surface area contributed by atoms with E-state index in [2.05, 4.69) is 20.5 Å². The maximum atomic E-state index is 12.5. The van der Waals surface area contributed by atoms with E-state index in [4.69, 9.17) is 11.6 Å². The molecule has 7 heteroatoms. The van der Waals surface area contributed by atoms with Crippen LogP contribution in [0.2, 0.25) is 5.02 Å². The first kappa shape index (κ1) is 20.1. The lowest BCUT2D eigenvalue weighted by molar-refractivity contribution is -0.123. The van der Waals surface area contributed by atoms with Gasteiger partial charge in [0.2, 0.25) is 5.91 Å². The standard InChI is InChI=1S/C21H25ClN4O2/c1-14-6-5-9-19(23-14)26-12-10-16(11-13-26)25-20(27)15(2)24-21(28)17-7-3-4-8-18(17)22/h3-9,15-16H,10-13H2,1-2H3,(H,24,28)(H,25,27). The van der Waals surface area contributed by atoms with Crippen molar-refractivity contribution in [1.29, 1.82) is 0 Å². The zero-order valence-electron chi connectivity index (χ0n) is 16.1. The predicted octanol–water partition coefficient (Wildman–Crippen LogP) is 2.95. The highest BCUT2D eigenvalue weighted by molar-refractivity contribution is 6.33. The number of carbonyl (C=O) groups is 2. The fraction of sp³-hybridized carbons (Fsp3) is 0.381. The molecule has 2 heterocycles. The molecule has 1 unspecified atom stereocenters. The highest BCUT2D eigenvalue weighted by Gasteiger charge is 2.24. The molecule has 1 aliphatic rings. The van der Waals surface area contributed by atoms with Gasteiger partial charge in [-0.3, -0.25) is 9.59 Å². The van der Waals surface area contributed by atoms with Crippen LogP contribution in [0.25, 0.3) is 0 Å². The predicted molar refractivity (Wildman–Crippen MR) is 111 cm³/mol. The Morgan fingerprint density at radius 1 is 1.14 bits per heavy atom. The lowest BCUT2D eigenvalue weighted by Crippen LogP contribution is -2.51. The summed E-state index contributed by atoms with van der Waals surface area (Å²) >= 11 is 6.04. The van der Waals surface area contributed by atoms with Crippen molar-refractivity contribution in [2.75, 3.05) is 18.0 Å². The molecule has 1 atom stereocenters. The summed E-state index contributed by atoms with van der Waals surface area (Å²) in [6.07, 6.45) is 1.68. The molecule has 1 fully saturated rings. The fourth-order valence-electron chi connectivity index (χ4n) is 3.27. The number of aryl methyl sites for hydroxylation is 1. The third-order valence-electron chi connectivity index (χ3n) is 4.90. The monoisotopic (exact) mass is 400 g/mol. The molecule has 2 N–H and O–H groups in total. The number of piperidine rings is 1. The van der Waals surface area contributed by atoms with Crippen molar-refractivity contribution in [3.05, 3.63) is 58.7 Å². The number of amides is 2. The first-order valence-electron chi connectivity index (χ1n) is 9.48. The van der Waals surface area contributed by atoms with Crippen molar-refractivity contribution < 1.29 is 9.59 Å². The van der Waals surface area contributed by atoms with Crippen molar-refractivity contribution in [2.24, 2.45) is 0 Å². The molecule has 3 rings (SSSR count). The summed E-state index contributed by atoms with van der Waals surface area (Å²) in [5, 5.41) is 6.12. The van der Waals surface area contributed by atoms with Gasteiger partial charge in [-0.05, 0) is 51.0 Å². The average Bonchev–Trinajstić information content (AvgIpc) is 2.68. The summed E-state index contributed by atoms with van der Waals surface area (Å²) < 4.78 is 0. The molecule has 1 saturated heterocycles. The maximum Gasteiger partial charge on any atom is 0.253 e.